The third kappa shape index (κ3) is 4.01. The fourth-order valence-electron chi connectivity index (χ4n) is 3.19. The van der Waals surface area contributed by atoms with Gasteiger partial charge in [-0.25, -0.2) is 0 Å². The van der Waals surface area contributed by atoms with E-state index in [2.05, 4.69) is 5.32 Å². The van der Waals surface area contributed by atoms with Crippen LogP contribution in [-0.2, 0) is 4.79 Å². The van der Waals surface area contributed by atoms with E-state index in [1.54, 1.807) is 4.90 Å². The summed E-state index contributed by atoms with van der Waals surface area (Å²) in [5.41, 5.74) is 0. The Morgan fingerprint density at radius 3 is 2.50 bits per heavy atom. The second-order valence-corrected chi connectivity index (χ2v) is 5.68. The molecule has 2 unspecified atom stereocenters. The summed E-state index contributed by atoms with van der Waals surface area (Å²) in [6.07, 6.45) is -2.47. The zero-order chi connectivity index (χ0) is 14.0. The lowest BCUT2D eigenvalue weighted by Crippen LogP contribution is -2.54. The summed E-state index contributed by atoms with van der Waals surface area (Å²) < 4.78 is 39.0. The van der Waals surface area contributed by atoms with E-state index >= 15 is 0 Å². The molecule has 0 bridgehead atoms. The SMILES string of the molecule is C[C@@H]1CN(C(=O)C2CCCCC2C(F)(F)F)CCN1.Cl. The van der Waals surface area contributed by atoms with Gasteiger partial charge in [-0.3, -0.25) is 4.79 Å². The zero-order valence-corrected chi connectivity index (χ0v) is 12.4. The highest BCUT2D eigenvalue weighted by Crippen LogP contribution is 2.42. The minimum absolute atomic E-state index is 0. The van der Waals surface area contributed by atoms with Gasteiger partial charge in [-0.1, -0.05) is 12.8 Å². The number of nitrogens with one attached hydrogen (secondary N) is 1. The number of rotatable bonds is 1. The predicted octanol–water partition coefficient (Wildman–Crippen LogP) is 2.60. The van der Waals surface area contributed by atoms with E-state index in [-0.39, 0.29) is 30.8 Å². The Morgan fingerprint density at radius 2 is 1.90 bits per heavy atom. The first kappa shape index (κ1) is 17.6. The van der Waals surface area contributed by atoms with Crippen LogP contribution in [-0.4, -0.2) is 42.7 Å². The van der Waals surface area contributed by atoms with E-state index in [0.717, 1.165) is 6.42 Å². The van der Waals surface area contributed by atoms with Gasteiger partial charge >= 0.3 is 6.18 Å². The maximum Gasteiger partial charge on any atom is 0.392 e. The van der Waals surface area contributed by atoms with Crippen molar-refractivity contribution < 1.29 is 18.0 Å². The van der Waals surface area contributed by atoms with E-state index < -0.39 is 18.0 Å². The number of carbonyl (C=O) groups is 1. The highest BCUT2D eigenvalue weighted by molar-refractivity contribution is 5.85. The summed E-state index contributed by atoms with van der Waals surface area (Å²) >= 11 is 0. The molecule has 1 N–H and O–H groups in total. The Hall–Kier alpha value is -0.490. The predicted molar refractivity (Wildman–Crippen MR) is 72.8 cm³/mol. The molecule has 0 radical (unpaired) electrons. The van der Waals surface area contributed by atoms with Crippen LogP contribution in [0.1, 0.15) is 32.6 Å². The average Bonchev–Trinajstić information content (AvgIpc) is 2.37. The van der Waals surface area contributed by atoms with Crippen molar-refractivity contribution in [1.82, 2.24) is 10.2 Å². The fourth-order valence-corrected chi connectivity index (χ4v) is 3.19. The van der Waals surface area contributed by atoms with Crippen LogP contribution in [0.4, 0.5) is 13.2 Å². The molecule has 0 aromatic carbocycles. The normalized spacial score (nSPS) is 31.6. The van der Waals surface area contributed by atoms with E-state index in [0.29, 0.717) is 32.5 Å². The Morgan fingerprint density at radius 1 is 1.25 bits per heavy atom. The molecule has 0 aromatic rings. The molecule has 3 atom stereocenters. The molecular weight excluding hydrogens is 293 g/mol. The molecule has 1 saturated carbocycles. The van der Waals surface area contributed by atoms with Crippen LogP contribution < -0.4 is 5.32 Å². The lowest BCUT2D eigenvalue weighted by atomic mass is 9.78. The van der Waals surface area contributed by atoms with Crippen molar-refractivity contribution in [3.63, 3.8) is 0 Å². The van der Waals surface area contributed by atoms with Crippen molar-refractivity contribution >= 4 is 18.3 Å². The Bertz CT molecular complexity index is 338. The average molecular weight is 315 g/mol. The molecule has 118 valence electrons. The van der Waals surface area contributed by atoms with Crippen LogP contribution >= 0.6 is 12.4 Å². The van der Waals surface area contributed by atoms with Crippen LogP contribution in [0, 0.1) is 11.8 Å². The van der Waals surface area contributed by atoms with Gasteiger partial charge in [0.05, 0.1) is 5.92 Å². The van der Waals surface area contributed by atoms with E-state index in [1.165, 1.54) is 0 Å². The zero-order valence-electron chi connectivity index (χ0n) is 11.6. The number of alkyl halides is 3. The largest absolute Gasteiger partial charge is 0.392 e. The van der Waals surface area contributed by atoms with Crippen LogP contribution in [0.15, 0.2) is 0 Å². The van der Waals surface area contributed by atoms with Crippen molar-refractivity contribution in [2.75, 3.05) is 19.6 Å². The van der Waals surface area contributed by atoms with Gasteiger partial charge in [-0.2, -0.15) is 13.2 Å². The summed E-state index contributed by atoms with van der Waals surface area (Å²) in [6, 6.07) is 0.158. The minimum Gasteiger partial charge on any atom is -0.340 e. The molecule has 0 spiro atoms. The minimum atomic E-state index is -4.25. The van der Waals surface area contributed by atoms with Gasteiger partial charge in [0, 0.05) is 31.6 Å². The smallest absolute Gasteiger partial charge is 0.340 e. The Kier molecular flexibility index (Phi) is 6.13. The molecule has 7 heteroatoms. The molecule has 1 aliphatic heterocycles. The second-order valence-electron chi connectivity index (χ2n) is 5.68. The maximum atomic E-state index is 13.0. The second kappa shape index (κ2) is 6.98. The van der Waals surface area contributed by atoms with Crippen LogP contribution in [0.5, 0.6) is 0 Å². The number of amides is 1. The fraction of sp³-hybridized carbons (Fsp3) is 0.923. The van der Waals surface area contributed by atoms with Crippen molar-refractivity contribution in [3.8, 4) is 0 Å². The topological polar surface area (TPSA) is 32.3 Å². The summed E-state index contributed by atoms with van der Waals surface area (Å²) in [7, 11) is 0. The number of halogens is 4. The lowest BCUT2D eigenvalue weighted by Gasteiger charge is -2.38. The van der Waals surface area contributed by atoms with Crippen molar-refractivity contribution in [1.29, 1.82) is 0 Å². The van der Waals surface area contributed by atoms with Crippen molar-refractivity contribution in [3.05, 3.63) is 0 Å². The first-order valence-electron chi connectivity index (χ1n) is 6.98. The summed E-state index contributed by atoms with van der Waals surface area (Å²) in [5, 5.41) is 3.20. The molecule has 1 amide bonds. The molecule has 0 aromatic heterocycles. The van der Waals surface area contributed by atoms with E-state index in [9.17, 15) is 18.0 Å². The van der Waals surface area contributed by atoms with Gasteiger partial charge in [0.15, 0.2) is 0 Å². The maximum absolute atomic E-state index is 13.0. The van der Waals surface area contributed by atoms with Gasteiger partial charge in [-0.15, -0.1) is 12.4 Å². The van der Waals surface area contributed by atoms with E-state index in [4.69, 9.17) is 0 Å². The molecule has 2 aliphatic rings. The van der Waals surface area contributed by atoms with Crippen molar-refractivity contribution in [2.45, 2.75) is 44.8 Å². The highest BCUT2D eigenvalue weighted by Gasteiger charge is 2.49. The number of nitrogens with zero attached hydrogens (tertiary/aromatic N) is 1. The third-order valence-electron chi connectivity index (χ3n) is 4.18. The lowest BCUT2D eigenvalue weighted by molar-refractivity contribution is -0.201. The molecule has 3 nitrogen and oxygen atoms in total. The number of piperazine rings is 1. The Labute approximate surface area is 123 Å². The van der Waals surface area contributed by atoms with Gasteiger partial charge in [0.1, 0.15) is 0 Å². The van der Waals surface area contributed by atoms with Gasteiger partial charge in [0.2, 0.25) is 5.91 Å². The van der Waals surface area contributed by atoms with Gasteiger partial charge in [0.25, 0.3) is 0 Å². The molecule has 2 rings (SSSR count). The standard InChI is InChI=1S/C13H21F3N2O.ClH/c1-9-8-18(7-6-17-9)12(19)10-4-2-3-5-11(10)13(14,15)16;/h9-11,17H,2-8H2,1H3;1H/t9-,10?,11?;/m1./s1. The summed E-state index contributed by atoms with van der Waals surface area (Å²) in [5.74, 6) is -2.60. The highest BCUT2D eigenvalue weighted by atomic mass is 35.5. The van der Waals surface area contributed by atoms with Crippen molar-refractivity contribution in [2.24, 2.45) is 11.8 Å². The number of hydrogen-bond donors (Lipinski definition) is 1. The van der Waals surface area contributed by atoms with Crippen LogP contribution in [0.25, 0.3) is 0 Å². The summed E-state index contributed by atoms with van der Waals surface area (Å²) in [6.45, 7) is 3.64. The van der Waals surface area contributed by atoms with Gasteiger partial charge in [-0.05, 0) is 19.8 Å². The first-order chi connectivity index (χ1) is 8.89. The van der Waals surface area contributed by atoms with Crippen LogP contribution in [0.3, 0.4) is 0 Å². The molecule has 20 heavy (non-hydrogen) atoms. The van der Waals surface area contributed by atoms with Gasteiger partial charge < -0.3 is 10.2 Å². The third-order valence-corrected chi connectivity index (χ3v) is 4.18. The van der Waals surface area contributed by atoms with E-state index in [1.807, 2.05) is 6.92 Å². The quantitative estimate of drug-likeness (QED) is 0.807. The molecule has 1 saturated heterocycles. The molecule has 1 heterocycles. The first-order valence-corrected chi connectivity index (χ1v) is 6.98. The molecular formula is C13H22ClF3N2O. The molecule has 1 aliphatic carbocycles. The molecule has 2 fully saturated rings. The van der Waals surface area contributed by atoms with Crippen LogP contribution in [0.2, 0.25) is 0 Å². The number of carbonyl (C=O) groups excluding carboxylic acids is 1. The number of hydrogen-bond acceptors (Lipinski definition) is 2. The Balaban J connectivity index is 0.00000200. The monoisotopic (exact) mass is 314 g/mol. The summed E-state index contributed by atoms with van der Waals surface area (Å²) in [4.78, 5) is 14.0.